The van der Waals surface area contributed by atoms with Crippen molar-refractivity contribution in [2.24, 2.45) is 11.7 Å². The third-order valence-corrected chi connectivity index (χ3v) is 5.89. The smallest absolute Gasteiger partial charge is 0.249 e. The number of carbonyl (C=O) groups is 1. The van der Waals surface area contributed by atoms with Crippen molar-refractivity contribution in [2.45, 2.75) is 38.7 Å². The fourth-order valence-electron chi connectivity index (χ4n) is 4.52. The second kappa shape index (κ2) is 6.57. The third kappa shape index (κ3) is 2.86. The first-order chi connectivity index (χ1) is 12.9. The molecule has 0 aliphatic heterocycles. The van der Waals surface area contributed by atoms with Crippen molar-refractivity contribution in [1.29, 1.82) is 0 Å². The van der Waals surface area contributed by atoms with Crippen LogP contribution in [0, 0.1) is 17.6 Å². The van der Waals surface area contributed by atoms with E-state index in [1.165, 1.54) is 18.2 Å². The summed E-state index contributed by atoms with van der Waals surface area (Å²) >= 11 is 0. The molecule has 0 heterocycles. The van der Waals surface area contributed by atoms with Crippen LogP contribution in [0.4, 0.5) is 8.78 Å². The van der Waals surface area contributed by atoms with Gasteiger partial charge in [0.25, 0.3) is 0 Å². The highest BCUT2D eigenvalue weighted by molar-refractivity contribution is 6.00. The Morgan fingerprint density at radius 2 is 1.89 bits per heavy atom. The average molecular weight is 369 g/mol. The first-order valence-corrected chi connectivity index (χ1v) is 9.18. The molecule has 0 saturated heterocycles. The summed E-state index contributed by atoms with van der Waals surface area (Å²) in [5, 5.41) is 9.97. The van der Waals surface area contributed by atoms with E-state index >= 15 is 0 Å². The van der Waals surface area contributed by atoms with Gasteiger partial charge in [0, 0.05) is 5.56 Å². The normalized spacial score (nSPS) is 19.6. The molecule has 2 aliphatic rings. The van der Waals surface area contributed by atoms with Gasteiger partial charge in [0.05, 0.1) is 11.7 Å². The molecule has 27 heavy (non-hydrogen) atoms. The summed E-state index contributed by atoms with van der Waals surface area (Å²) in [6.07, 6.45) is 2.36. The van der Waals surface area contributed by atoms with Gasteiger partial charge in [-0.15, -0.1) is 0 Å². The molecule has 4 rings (SSSR count). The molecule has 2 atom stereocenters. The predicted molar refractivity (Wildman–Crippen MR) is 100.0 cm³/mol. The Morgan fingerprint density at radius 3 is 2.52 bits per heavy atom. The van der Waals surface area contributed by atoms with Crippen molar-refractivity contribution in [3.05, 3.63) is 64.2 Å². The van der Waals surface area contributed by atoms with Crippen LogP contribution in [0.5, 0.6) is 0 Å². The van der Waals surface area contributed by atoms with Crippen LogP contribution in [0.2, 0.25) is 0 Å². The minimum absolute atomic E-state index is 0.0730. The number of benzene rings is 2. The molecular weight excluding hydrogens is 348 g/mol. The van der Waals surface area contributed by atoms with Crippen LogP contribution in [0.15, 0.2) is 35.9 Å². The number of carbonyl (C=O) groups excluding carboxylic acids is 1. The van der Waals surface area contributed by atoms with Gasteiger partial charge in [-0.1, -0.05) is 17.7 Å². The van der Waals surface area contributed by atoms with E-state index in [0.29, 0.717) is 24.0 Å². The van der Waals surface area contributed by atoms with Gasteiger partial charge in [-0.05, 0) is 79.0 Å². The standard InChI is InChI=1S/C22H21F2NO2/c1-11(26)12-5-6-14-13(9-12)10-17-15(22(25)27)7-8-16(20(14)17)21-18(23)3-2-4-19(21)24/h2-4,7-8,11-12,26H,5-6,9-10H2,1H3,(H2,25,27). The Kier molecular flexibility index (Phi) is 4.35. The quantitative estimate of drug-likeness (QED) is 0.851. The van der Waals surface area contributed by atoms with E-state index in [2.05, 4.69) is 0 Å². The first-order valence-electron chi connectivity index (χ1n) is 9.18. The van der Waals surface area contributed by atoms with Gasteiger partial charge in [0.2, 0.25) is 5.91 Å². The lowest BCUT2D eigenvalue weighted by molar-refractivity contribution is 0.0999. The Balaban J connectivity index is 1.93. The molecule has 5 heteroatoms. The minimum Gasteiger partial charge on any atom is -0.393 e. The predicted octanol–water partition coefficient (Wildman–Crippen LogP) is 4.22. The molecule has 140 valence electrons. The molecular formula is C22H21F2NO2. The molecule has 3 nitrogen and oxygen atoms in total. The number of allylic oxidation sites excluding steroid dienone is 2. The first kappa shape index (κ1) is 17.9. The maximum atomic E-state index is 14.5. The van der Waals surface area contributed by atoms with Crippen LogP contribution in [-0.2, 0) is 6.42 Å². The van der Waals surface area contributed by atoms with E-state index in [9.17, 15) is 18.7 Å². The molecule has 0 aromatic heterocycles. The lowest BCUT2D eigenvalue weighted by Gasteiger charge is -2.27. The molecule has 1 amide bonds. The van der Waals surface area contributed by atoms with E-state index < -0.39 is 23.6 Å². The van der Waals surface area contributed by atoms with Crippen molar-refractivity contribution >= 4 is 11.5 Å². The summed E-state index contributed by atoms with van der Waals surface area (Å²) < 4.78 is 28.9. The Morgan fingerprint density at radius 1 is 1.19 bits per heavy atom. The van der Waals surface area contributed by atoms with E-state index in [1.807, 2.05) is 0 Å². The Hall–Kier alpha value is -2.53. The van der Waals surface area contributed by atoms with Crippen LogP contribution in [-0.4, -0.2) is 17.1 Å². The lowest BCUT2D eigenvalue weighted by Crippen LogP contribution is -2.20. The fraction of sp³-hybridized carbons (Fsp3) is 0.318. The fourth-order valence-corrected chi connectivity index (χ4v) is 4.52. The molecule has 0 fully saturated rings. The molecule has 2 aromatic rings. The zero-order valence-electron chi connectivity index (χ0n) is 15.1. The summed E-state index contributed by atoms with van der Waals surface area (Å²) in [7, 11) is 0. The minimum atomic E-state index is -0.629. The summed E-state index contributed by atoms with van der Waals surface area (Å²) in [5.41, 5.74) is 10.0. The van der Waals surface area contributed by atoms with E-state index in [4.69, 9.17) is 5.73 Å². The maximum absolute atomic E-state index is 14.5. The number of hydrogen-bond acceptors (Lipinski definition) is 2. The number of aliphatic hydroxyl groups excluding tert-OH is 1. The number of primary amides is 1. The monoisotopic (exact) mass is 369 g/mol. The summed E-state index contributed by atoms with van der Waals surface area (Å²) in [4.78, 5) is 11.9. The van der Waals surface area contributed by atoms with E-state index in [0.717, 1.165) is 35.1 Å². The SMILES string of the molecule is CC(O)C1CCC2=C(Cc3c(C(N)=O)ccc(-c4c(F)cccc4F)c32)C1. The maximum Gasteiger partial charge on any atom is 0.249 e. The summed E-state index contributed by atoms with van der Waals surface area (Å²) in [6, 6.07) is 6.97. The Labute approximate surface area is 156 Å². The molecule has 2 unspecified atom stereocenters. The zero-order chi connectivity index (χ0) is 19.3. The van der Waals surface area contributed by atoms with Crippen molar-refractivity contribution in [1.82, 2.24) is 0 Å². The van der Waals surface area contributed by atoms with Crippen LogP contribution in [0.25, 0.3) is 16.7 Å². The van der Waals surface area contributed by atoms with Gasteiger partial charge in [0.15, 0.2) is 0 Å². The van der Waals surface area contributed by atoms with Crippen molar-refractivity contribution < 1.29 is 18.7 Å². The number of hydrogen-bond donors (Lipinski definition) is 2. The van der Waals surface area contributed by atoms with Crippen LogP contribution >= 0.6 is 0 Å². The summed E-state index contributed by atoms with van der Waals surface area (Å²) in [6.45, 7) is 1.79. The number of nitrogens with two attached hydrogens (primary N) is 1. The van der Waals surface area contributed by atoms with Gasteiger partial charge in [-0.25, -0.2) is 8.78 Å². The molecule has 0 saturated carbocycles. The van der Waals surface area contributed by atoms with Crippen molar-refractivity contribution in [3.63, 3.8) is 0 Å². The molecule has 2 aromatic carbocycles. The van der Waals surface area contributed by atoms with E-state index in [-0.39, 0.29) is 11.5 Å². The van der Waals surface area contributed by atoms with Crippen LogP contribution in [0.1, 0.15) is 47.7 Å². The van der Waals surface area contributed by atoms with Crippen LogP contribution in [0.3, 0.4) is 0 Å². The van der Waals surface area contributed by atoms with Crippen molar-refractivity contribution in [2.75, 3.05) is 0 Å². The molecule has 0 bridgehead atoms. The second-order valence-electron chi connectivity index (χ2n) is 7.48. The topological polar surface area (TPSA) is 63.3 Å². The number of halogens is 2. The highest BCUT2D eigenvalue weighted by Crippen LogP contribution is 2.49. The highest BCUT2D eigenvalue weighted by Gasteiger charge is 2.34. The average Bonchev–Trinajstić information content (AvgIpc) is 2.99. The number of aliphatic hydroxyl groups is 1. The van der Waals surface area contributed by atoms with Crippen LogP contribution < -0.4 is 5.73 Å². The largest absolute Gasteiger partial charge is 0.393 e. The molecule has 0 radical (unpaired) electrons. The number of amides is 1. The molecule has 2 aliphatic carbocycles. The number of rotatable bonds is 3. The zero-order valence-corrected chi connectivity index (χ0v) is 15.1. The van der Waals surface area contributed by atoms with E-state index in [1.54, 1.807) is 19.1 Å². The second-order valence-corrected chi connectivity index (χ2v) is 7.48. The van der Waals surface area contributed by atoms with Gasteiger partial charge in [-0.2, -0.15) is 0 Å². The van der Waals surface area contributed by atoms with Gasteiger partial charge < -0.3 is 10.8 Å². The Bertz CT molecular complexity index is 958. The highest BCUT2D eigenvalue weighted by atomic mass is 19.1. The third-order valence-electron chi connectivity index (χ3n) is 5.89. The van der Waals surface area contributed by atoms with Gasteiger partial charge >= 0.3 is 0 Å². The van der Waals surface area contributed by atoms with Gasteiger partial charge in [0.1, 0.15) is 11.6 Å². The van der Waals surface area contributed by atoms with Gasteiger partial charge in [-0.3, -0.25) is 4.79 Å². The number of fused-ring (bicyclic) bond motifs is 2. The van der Waals surface area contributed by atoms with Crippen molar-refractivity contribution in [3.8, 4) is 11.1 Å². The molecule has 3 N–H and O–H groups in total. The molecule has 0 spiro atoms. The summed E-state index contributed by atoms with van der Waals surface area (Å²) in [5.74, 6) is -1.64. The lowest BCUT2D eigenvalue weighted by atomic mass is 9.80.